The van der Waals surface area contributed by atoms with Gasteiger partial charge in [-0.05, 0) is 19.0 Å². The minimum Gasteiger partial charge on any atom is -0.467 e. The number of furan rings is 1. The molecule has 1 N–H and O–H groups in total. The van der Waals surface area contributed by atoms with Gasteiger partial charge in [0.15, 0.2) is 5.82 Å². The molecule has 0 aliphatic heterocycles. The van der Waals surface area contributed by atoms with Gasteiger partial charge in [0.1, 0.15) is 18.1 Å². The largest absolute Gasteiger partial charge is 0.467 e. The van der Waals surface area contributed by atoms with E-state index in [-0.39, 0.29) is 0 Å². The molecule has 5 nitrogen and oxygen atoms in total. The van der Waals surface area contributed by atoms with Crippen LogP contribution in [-0.4, -0.2) is 21.3 Å². The molecule has 0 aliphatic rings. The molecule has 2 heterocycles. The summed E-state index contributed by atoms with van der Waals surface area (Å²) in [5.74, 6) is 2.85. The van der Waals surface area contributed by atoms with Crippen molar-refractivity contribution in [1.82, 2.24) is 20.1 Å². The van der Waals surface area contributed by atoms with Crippen molar-refractivity contribution in [2.75, 3.05) is 6.54 Å². The highest BCUT2D eigenvalue weighted by Gasteiger charge is 2.10. The van der Waals surface area contributed by atoms with Crippen LogP contribution in [0, 0.1) is 0 Å². The van der Waals surface area contributed by atoms with E-state index in [9.17, 15) is 0 Å². The van der Waals surface area contributed by atoms with Gasteiger partial charge in [-0.1, -0.05) is 20.8 Å². The number of aryl methyl sites for hydroxylation is 2. The summed E-state index contributed by atoms with van der Waals surface area (Å²) >= 11 is 0. The molecule has 110 valence electrons. The number of aromatic nitrogens is 3. The third-order valence-corrected chi connectivity index (χ3v) is 3.19. The number of rotatable bonds is 8. The Labute approximate surface area is 120 Å². The summed E-state index contributed by atoms with van der Waals surface area (Å²) in [6.07, 6.45) is 4.72. The van der Waals surface area contributed by atoms with Gasteiger partial charge in [-0.3, -0.25) is 0 Å². The van der Waals surface area contributed by atoms with Gasteiger partial charge in [-0.25, -0.2) is 9.67 Å². The molecule has 0 aliphatic carbocycles. The molecule has 0 fully saturated rings. The van der Waals surface area contributed by atoms with Crippen LogP contribution in [0.1, 0.15) is 50.2 Å². The lowest BCUT2D eigenvalue weighted by Crippen LogP contribution is -2.13. The number of nitrogens with one attached hydrogen (secondary N) is 1. The first-order valence-electron chi connectivity index (χ1n) is 7.46. The molecule has 20 heavy (non-hydrogen) atoms. The van der Waals surface area contributed by atoms with Crippen molar-refractivity contribution in [3.05, 3.63) is 35.3 Å². The van der Waals surface area contributed by atoms with Crippen molar-refractivity contribution in [3.63, 3.8) is 0 Å². The highest BCUT2D eigenvalue weighted by atomic mass is 16.3. The fourth-order valence-electron chi connectivity index (χ4n) is 2.12. The fraction of sp³-hybridized carbons (Fsp3) is 0.600. The van der Waals surface area contributed by atoms with Gasteiger partial charge in [-0.2, -0.15) is 5.10 Å². The van der Waals surface area contributed by atoms with Gasteiger partial charge in [0.25, 0.3) is 0 Å². The van der Waals surface area contributed by atoms with E-state index in [0.717, 1.165) is 49.8 Å². The Bertz CT molecular complexity index is 530. The average molecular weight is 276 g/mol. The smallest absolute Gasteiger partial charge is 0.150 e. The van der Waals surface area contributed by atoms with Gasteiger partial charge >= 0.3 is 0 Å². The first-order valence-corrected chi connectivity index (χ1v) is 7.46. The second-order valence-corrected chi connectivity index (χ2v) is 4.91. The van der Waals surface area contributed by atoms with Crippen LogP contribution in [0.15, 0.2) is 16.7 Å². The number of nitrogens with zero attached hydrogens (tertiary/aromatic N) is 3. The van der Waals surface area contributed by atoms with Crippen molar-refractivity contribution < 1.29 is 4.42 Å². The average Bonchev–Trinajstić information content (AvgIpc) is 3.06. The third kappa shape index (κ3) is 3.70. The Hall–Kier alpha value is -1.62. The van der Waals surface area contributed by atoms with Gasteiger partial charge in [0.2, 0.25) is 0 Å². The maximum atomic E-state index is 5.61. The molecule has 0 unspecified atom stereocenters. The predicted molar refractivity (Wildman–Crippen MR) is 78.6 cm³/mol. The van der Waals surface area contributed by atoms with Crippen LogP contribution < -0.4 is 5.32 Å². The summed E-state index contributed by atoms with van der Waals surface area (Å²) in [5, 5.41) is 7.88. The lowest BCUT2D eigenvalue weighted by atomic mass is 10.3. The fourth-order valence-corrected chi connectivity index (χ4v) is 2.12. The zero-order valence-electron chi connectivity index (χ0n) is 12.6. The van der Waals surface area contributed by atoms with E-state index in [4.69, 9.17) is 4.42 Å². The lowest BCUT2D eigenvalue weighted by molar-refractivity contribution is 0.470. The second-order valence-electron chi connectivity index (χ2n) is 4.91. The summed E-state index contributed by atoms with van der Waals surface area (Å²) in [7, 11) is 0. The van der Waals surface area contributed by atoms with Gasteiger partial charge < -0.3 is 9.73 Å². The Balaban J connectivity index is 2.00. The van der Waals surface area contributed by atoms with E-state index in [1.807, 2.05) is 10.9 Å². The Morgan fingerprint density at radius 2 is 2.10 bits per heavy atom. The normalized spacial score (nSPS) is 11.2. The second kappa shape index (κ2) is 7.24. The first kappa shape index (κ1) is 14.8. The van der Waals surface area contributed by atoms with Crippen LogP contribution in [0.4, 0.5) is 0 Å². The zero-order chi connectivity index (χ0) is 14.4. The maximum absolute atomic E-state index is 5.61. The molecule has 5 heteroatoms. The van der Waals surface area contributed by atoms with Crippen molar-refractivity contribution in [2.24, 2.45) is 0 Å². The molecule has 2 aromatic heterocycles. The monoisotopic (exact) mass is 276 g/mol. The van der Waals surface area contributed by atoms with Crippen molar-refractivity contribution >= 4 is 0 Å². The Kier molecular flexibility index (Phi) is 5.35. The molecule has 0 amide bonds. The summed E-state index contributed by atoms with van der Waals surface area (Å²) in [5.41, 5.74) is 1.18. The van der Waals surface area contributed by atoms with Crippen molar-refractivity contribution in [1.29, 1.82) is 0 Å². The Morgan fingerprint density at radius 1 is 1.25 bits per heavy atom. The molecule has 0 aromatic carbocycles. The van der Waals surface area contributed by atoms with Gasteiger partial charge in [-0.15, -0.1) is 0 Å². The van der Waals surface area contributed by atoms with E-state index in [1.165, 1.54) is 5.56 Å². The number of hydrogen-bond acceptors (Lipinski definition) is 4. The molecule has 0 saturated heterocycles. The van der Waals surface area contributed by atoms with Crippen LogP contribution >= 0.6 is 0 Å². The van der Waals surface area contributed by atoms with E-state index < -0.39 is 0 Å². The van der Waals surface area contributed by atoms with Crippen molar-refractivity contribution in [2.45, 2.75) is 53.1 Å². The quantitative estimate of drug-likeness (QED) is 0.753. The highest BCUT2D eigenvalue weighted by molar-refractivity contribution is 5.13. The SMILES string of the molecule is CCCNCc1coc(Cn2nc(CC)nc2CC)c1. The molecule has 0 radical (unpaired) electrons. The molecule has 0 saturated carbocycles. The summed E-state index contributed by atoms with van der Waals surface area (Å²) in [4.78, 5) is 4.51. The molecular formula is C15H24N4O. The summed E-state index contributed by atoms with van der Waals surface area (Å²) in [6.45, 7) is 8.88. The van der Waals surface area contributed by atoms with E-state index in [1.54, 1.807) is 0 Å². The standard InChI is InChI=1S/C15H24N4O/c1-4-7-16-9-12-8-13(20-11-12)10-19-15(6-3)17-14(5-2)18-19/h8,11,16H,4-7,9-10H2,1-3H3. The lowest BCUT2D eigenvalue weighted by Gasteiger charge is -2.01. The van der Waals surface area contributed by atoms with Crippen LogP contribution in [-0.2, 0) is 25.9 Å². The van der Waals surface area contributed by atoms with Gasteiger partial charge in [0, 0.05) is 24.9 Å². The minimum absolute atomic E-state index is 0.657. The minimum atomic E-state index is 0.657. The van der Waals surface area contributed by atoms with E-state index in [0.29, 0.717) is 6.54 Å². The third-order valence-electron chi connectivity index (χ3n) is 3.19. The maximum Gasteiger partial charge on any atom is 0.150 e. The first-order chi connectivity index (χ1) is 9.76. The predicted octanol–water partition coefficient (Wildman–Crippen LogP) is 2.54. The molecular weight excluding hydrogens is 252 g/mol. The van der Waals surface area contributed by atoms with Crippen LogP contribution in [0.25, 0.3) is 0 Å². The molecule has 0 atom stereocenters. The van der Waals surface area contributed by atoms with E-state index >= 15 is 0 Å². The molecule has 2 rings (SSSR count). The zero-order valence-corrected chi connectivity index (χ0v) is 12.6. The van der Waals surface area contributed by atoms with E-state index in [2.05, 4.69) is 42.2 Å². The van der Waals surface area contributed by atoms with Crippen molar-refractivity contribution in [3.8, 4) is 0 Å². The topological polar surface area (TPSA) is 55.9 Å². The summed E-state index contributed by atoms with van der Waals surface area (Å²) < 4.78 is 7.56. The molecule has 0 bridgehead atoms. The number of hydrogen-bond donors (Lipinski definition) is 1. The van der Waals surface area contributed by atoms with Crippen LogP contribution in [0.3, 0.4) is 0 Å². The van der Waals surface area contributed by atoms with Gasteiger partial charge in [0.05, 0.1) is 6.26 Å². The highest BCUT2D eigenvalue weighted by Crippen LogP contribution is 2.11. The summed E-state index contributed by atoms with van der Waals surface area (Å²) in [6, 6.07) is 2.09. The van der Waals surface area contributed by atoms with Crippen LogP contribution in [0.2, 0.25) is 0 Å². The Morgan fingerprint density at radius 3 is 2.80 bits per heavy atom. The molecule has 2 aromatic rings. The molecule has 0 spiro atoms. The van der Waals surface area contributed by atoms with Crippen LogP contribution in [0.5, 0.6) is 0 Å².